The van der Waals surface area contributed by atoms with Gasteiger partial charge in [0.2, 0.25) is 0 Å². The summed E-state index contributed by atoms with van der Waals surface area (Å²) in [6.07, 6.45) is 1.21. The van der Waals surface area contributed by atoms with Crippen molar-refractivity contribution in [2.75, 3.05) is 6.54 Å². The number of rotatable bonds is 2. The second-order valence-corrected chi connectivity index (χ2v) is 3.77. The largest absolute Gasteiger partial charge is 0.330 e. The number of hydrogen-bond donors (Lipinski definition) is 1. The molecule has 1 nitrogen and oxygen atoms in total. The maximum atomic E-state index is 6.04. The topological polar surface area (TPSA) is 26.0 Å². The van der Waals surface area contributed by atoms with Gasteiger partial charge in [-0.05, 0) is 36.4 Å². The predicted molar refractivity (Wildman–Crippen MR) is 51.4 cm³/mol. The zero-order valence-corrected chi connectivity index (χ0v) is 7.59. The van der Waals surface area contributed by atoms with E-state index in [1.54, 1.807) is 0 Å². The molecule has 2 atom stereocenters. The van der Waals surface area contributed by atoms with E-state index in [1.165, 1.54) is 12.0 Å². The molecule has 0 bridgehead atoms. The van der Waals surface area contributed by atoms with Crippen molar-refractivity contribution in [1.29, 1.82) is 0 Å². The number of nitrogens with two attached hydrogens (primary N) is 1. The molecule has 0 saturated heterocycles. The van der Waals surface area contributed by atoms with Crippen LogP contribution in [-0.2, 0) is 0 Å². The Morgan fingerprint density at radius 1 is 1.42 bits per heavy atom. The van der Waals surface area contributed by atoms with E-state index in [0.29, 0.717) is 11.8 Å². The maximum Gasteiger partial charge on any atom is 0.0440 e. The fraction of sp³-hybridized carbons (Fsp3) is 0.400. The summed E-state index contributed by atoms with van der Waals surface area (Å²) < 4.78 is 0. The van der Waals surface area contributed by atoms with E-state index < -0.39 is 0 Å². The van der Waals surface area contributed by atoms with Gasteiger partial charge in [-0.25, -0.2) is 0 Å². The minimum Gasteiger partial charge on any atom is -0.330 e. The van der Waals surface area contributed by atoms with Gasteiger partial charge in [0.25, 0.3) is 0 Å². The minimum atomic E-state index is 0.628. The van der Waals surface area contributed by atoms with E-state index in [1.807, 2.05) is 18.2 Å². The van der Waals surface area contributed by atoms with Crippen LogP contribution in [0.1, 0.15) is 17.9 Å². The summed E-state index contributed by atoms with van der Waals surface area (Å²) in [6.45, 7) is 0.788. The Balaban J connectivity index is 2.19. The summed E-state index contributed by atoms with van der Waals surface area (Å²) in [5, 5.41) is 0.887. The van der Waals surface area contributed by atoms with Crippen molar-refractivity contribution in [2.24, 2.45) is 11.7 Å². The Kier molecular flexibility index (Phi) is 2.07. The highest BCUT2D eigenvalue weighted by atomic mass is 35.5. The third-order valence-electron chi connectivity index (χ3n) is 2.53. The van der Waals surface area contributed by atoms with Gasteiger partial charge in [0.1, 0.15) is 0 Å². The Hall–Kier alpha value is -0.530. The van der Waals surface area contributed by atoms with Gasteiger partial charge in [-0.1, -0.05) is 29.8 Å². The first-order chi connectivity index (χ1) is 5.83. The van der Waals surface area contributed by atoms with Crippen LogP contribution >= 0.6 is 11.6 Å². The number of benzene rings is 1. The van der Waals surface area contributed by atoms with Gasteiger partial charge in [-0.2, -0.15) is 0 Å². The van der Waals surface area contributed by atoms with Crippen molar-refractivity contribution in [3.63, 3.8) is 0 Å². The highest BCUT2D eigenvalue weighted by molar-refractivity contribution is 6.31. The maximum absolute atomic E-state index is 6.04. The van der Waals surface area contributed by atoms with Crippen molar-refractivity contribution in [3.05, 3.63) is 34.9 Å². The van der Waals surface area contributed by atoms with Crippen LogP contribution in [0.25, 0.3) is 0 Å². The predicted octanol–water partition coefficient (Wildman–Crippen LogP) is 2.40. The molecule has 1 fully saturated rings. The quantitative estimate of drug-likeness (QED) is 0.745. The Morgan fingerprint density at radius 2 is 2.17 bits per heavy atom. The lowest BCUT2D eigenvalue weighted by Gasteiger charge is -2.01. The summed E-state index contributed by atoms with van der Waals surface area (Å²) in [5.41, 5.74) is 6.84. The number of halogens is 1. The second kappa shape index (κ2) is 3.08. The molecule has 2 rings (SSSR count). The third-order valence-corrected chi connectivity index (χ3v) is 2.87. The summed E-state index contributed by atoms with van der Waals surface area (Å²) in [5.74, 6) is 1.30. The van der Waals surface area contributed by atoms with Crippen LogP contribution in [0.3, 0.4) is 0 Å². The molecule has 1 saturated carbocycles. The van der Waals surface area contributed by atoms with Crippen LogP contribution in [0.4, 0.5) is 0 Å². The first-order valence-electron chi connectivity index (χ1n) is 4.27. The molecule has 0 aromatic heterocycles. The first-order valence-corrected chi connectivity index (χ1v) is 4.65. The SMILES string of the molecule is NC[C@@H]1C[C@H]1c1ccccc1Cl. The van der Waals surface area contributed by atoms with Crippen molar-refractivity contribution < 1.29 is 0 Å². The molecule has 0 radical (unpaired) electrons. The molecule has 0 spiro atoms. The molecular weight excluding hydrogens is 170 g/mol. The van der Waals surface area contributed by atoms with E-state index >= 15 is 0 Å². The normalized spacial score (nSPS) is 27.2. The van der Waals surface area contributed by atoms with Crippen LogP contribution in [0.2, 0.25) is 5.02 Å². The van der Waals surface area contributed by atoms with Crippen molar-refractivity contribution in [3.8, 4) is 0 Å². The molecule has 2 N–H and O–H groups in total. The van der Waals surface area contributed by atoms with Crippen LogP contribution in [0.5, 0.6) is 0 Å². The molecule has 2 heteroatoms. The van der Waals surface area contributed by atoms with Gasteiger partial charge in [0.15, 0.2) is 0 Å². The smallest absolute Gasteiger partial charge is 0.0440 e. The molecule has 0 amide bonds. The highest BCUT2D eigenvalue weighted by Gasteiger charge is 2.37. The highest BCUT2D eigenvalue weighted by Crippen LogP contribution is 2.48. The van der Waals surface area contributed by atoms with Crippen molar-refractivity contribution in [1.82, 2.24) is 0 Å². The summed E-state index contributed by atoms with van der Waals surface area (Å²) in [4.78, 5) is 0. The standard InChI is InChI=1S/C10H12ClN/c11-10-4-2-1-3-8(10)9-5-7(9)6-12/h1-4,7,9H,5-6,12H2/t7-,9+/m0/s1. The molecular formula is C10H12ClN. The molecule has 1 aliphatic carbocycles. The fourth-order valence-electron chi connectivity index (χ4n) is 1.66. The van der Waals surface area contributed by atoms with E-state index in [4.69, 9.17) is 17.3 Å². The minimum absolute atomic E-state index is 0.628. The Labute approximate surface area is 77.5 Å². The lowest BCUT2D eigenvalue weighted by Crippen LogP contribution is -2.01. The summed E-state index contributed by atoms with van der Waals surface area (Å²) in [7, 11) is 0. The number of hydrogen-bond acceptors (Lipinski definition) is 1. The molecule has 64 valence electrons. The van der Waals surface area contributed by atoms with Gasteiger partial charge in [-0.3, -0.25) is 0 Å². The zero-order valence-electron chi connectivity index (χ0n) is 6.83. The lowest BCUT2D eigenvalue weighted by molar-refractivity contribution is 0.810. The second-order valence-electron chi connectivity index (χ2n) is 3.36. The first kappa shape index (κ1) is 8.09. The molecule has 1 aliphatic rings. The van der Waals surface area contributed by atoms with Gasteiger partial charge < -0.3 is 5.73 Å². The average molecular weight is 182 g/mol. The van der Waals surface area contributed by atoms with Gasteiger partial charge in [0, 0.05) is 5.02 Å². The van der Waals surface area contributed by atoms with Crippen molar-refractivity contribution in [2.45, 2.75) is 12.3 Å². The third kappa shape index (κ3) is 1.35. The monoisotopic (exact) mass is 181 g/mol. The van der Waals surface area contributed by atoms with E-state index in [0.717, 1.165) is 11.6 Å². The van der Waals surface area contributed by atoms with Gasteiger partial charge in [-0.15, -0.1) is 0 Å². The van der Waals surface area contributed by atoms with Crippen LogP contribution < -0.4 is 5.73 Å². The molecule has 1 aromatic carbocycles. The molecule has 0 unspecified atom stereocenters. The van der Waals surface area contributed by atoms with Crippen molar-refractivity contribution >= 4 is 11.6 Å². The van der Waals surface area contributed by atoms with E-state index in [9.17, 15) is 0 Å². The van der Waals surface area contributed by atoms with E-state index in [-0.39, 0.29) is 0 Å². The van der Waals surface area contributed by atoms with Gasteiger partial charge in [0.05, 0.1) is 0 Å². The van der Waals surface area contributed by atoms with Crippen LogP contribution in [0, 0.1) is 5.92 Å². The Morgan fingerprint density at radius 3 is 2.75 bits per heavy atom. The molecule has 0 heterocycles. The molecule has 0 aliphatic heterocycles. The van der Waals surface area contributed by atoms with E-state index in [2.05, 4.69) is 6.07 Å². The summed E-state index contributed by atoms with van der Waals surface area (Å²) in [6, 6.07) is 8.05. The van der Waals surface area contributed by atoms with Gasteiger partial charge >= 0.3 is 0 Å². The van der Waals surface area contributed by atoms with Crippen LogP contribution in [0.15, 0.2) is 24.3 Å². The fourth-order valence-corrected chi connectivity index (χ4v) is 1.94. The molecule has 12 heavy (non-hydrogen) atoms. The molecule has 1 aromatic rings. The lowest BCUT2D eigenvalue weighted by atomic mass is 10.1. The zero-order chi connectivity index (χ0) is 8.55. The Bertz CT molecular complexity index is 285. The summed E-state index contributed by atoms with van der Waals surface area (Å²) >= 11 is 6.04. The van der Waals surface area contributed by atoms with Crippen LogP contribution in [-0.4, -0.2) is 6.54 Å². The average Bonchev–Trinajstić information content (AvgIpc) is 2.84.